The molecule has 2 saturated carbocycles. The number of hydrogen-bond acceptors (Lipinski definition) is 5. The Morgan fingerprint density at radius 3 is 2.67 bits per heavy atom. The lowest BCUT2D eigenvalue weighted by Gasteiger charge is -2.23. The Balaban J connectivity index is 1.27. The molecule has 184 valence electrons. The molecule has 7 nitrogen and oxygen atoms in total. The number of halogens is 1. The van der Waals surface area contributed by atoms with Crippen molar-refractivity contribution in [1.29, 1.82) is 0 Å². The Morgan fingerprint density at radius 1 is 1.11 bits per heavy atom. The van der Waals surface area contributed by atoms with Gasteiger partial charge in [-0.25, -0.2) is 14.4 Å². The maximum atomic E-state index is 15.1. The summed E-state index contributed by atoms with van der Waals surface area (Å²) in [5.74, 6) is 0.418. The van der Waals surface area contributed by atoms with Crippen LogP contribution in [0.4, 0.5) is 10.2 Å². The molecule has 2 heterocycles. The molecule has 1 amide bonds. The highest BCUT2D eigenvalue weighted by atomic mass is 19.1. The van der Waals surface area contributed by atoms with Gasteiger partial charge >= 0.3 is 0 Å². The zero-order valence-electron chi connectivity index (χ0n) is 20.5. The number of benzene rings is 2. The highest BCUT2D eigenvalue weighted by Gasteiger charge is 2.33. The van der Waals surface area contributed by atoms with Gasteiger partial charge in [-0.2, -0.15) is 5.10 Å². The van der Waals surface area contributed by atoms with E-state index in [1.807, 2.05) is 49.2 Å². The first-order valence-corrected chi connectivity index (χ1v) is 12.5. The number of anilines is 1. The molecule has 2 aliphatic carbocycles. The first kappa shape index (κ1) is 22.6. The fourth-order valence-electron chi connectivity index (χ4n) is 4.77. The molecule has 2 fully saturated rings. The van der Waals surface area contributed by atoms with Crippen molar-refractivity contribution in [1.82, 2.24) is 24.6 Å². The van der Waals surface area contributed by atoms with Crippen LogP contribution in [0, 0.1) is 12.7 Å². The molecule has 36 heavy (non-hydrogen) atoms. The molecule has 0 spiro atoms. The molecule has 0 bridgehead atoms. The normalized spacial score (nSPS) is 15.3. The van der Waals surface area contributed by atoms with E-state index in [1.165, 1.54) is 12.4 Å². The lowest BCUT2D eigenvalue weighted by atomic mass is 10.0. The monoisotopic (exact) mass is 484 g/mol. The Labute approximate surface area is 209 Å². The maximum absolute atomic E-state index is 15.1. The van der Waals surface area contributed by atoms with Gasteiger partial charge in [0.2, 0.25) is 5.91 Å². The number of fused-ring (bicyclic) bond motifs is 1. The molecule has 0 aliphatic heterocycles. The van der Waals surface area contributed by atoms with Crippen LogP contribution in [0.2, 0.25) is 0 Å². The van der Waals surface area contributed by atoms with Crippen molar-refractivity contribution in [2.45, 2.75) is 57.7 Å². The van der Waals surface area contributed by atoms with E-state index in [2.05, 4.69) is 26.4 Å². The standard InChI is InChI=1S/C28H29FN6O/c1-17-10-23(34(2)33-17)14-26(36)35(22-8-9-22)15-18-4-3-5-19(11-18)20-12-24-27(25(29)13-20)30-16-31-28(24)32-21-6-7-21/h3-5,10-13,16,21-22H,6-9,14-15H2,1-2H3,(H,30,31,32). The van der Waals surface area contributed by atoms with Crippen LogP contribution in [0.25, 0.3) is 22.0 Å². The highest BCUT2D eigenvalue weighted by Crippen LogP contribution is 2.33. The average Bonchev–Trinajstić information content (AvgIpc) is 3.78. The van der Waals surface area contributed by atoms with Crippen LogP contribution in [0.5, 0.6) is 0 Å². The van der Waals surface area contributed by atoms with E-state index in [0.717, 1.165) is 53.8 Å². The predicted octanol–water partition coefficient (Wildman–Crippen LogP) is 4.79. The Kier molecular flexibility index (Phi) is 5.66. The van der Waals surface area contributed by atoms with Crippen LogP contribution >= 0.6 is 0 Å². The zero-order chi connectivity index (χ0) is 24.8. The Bertz CT molecular complexity index is 1460. The number of hydrogen-bond donors (Lipinski definition) is 1. The van der Waals surface area contributed by atoms with Gasteiger partial charge in [0.15, 0.2) is 0 Å². The van der Waals surface area contributed by atoms with Crippen LogP contribution in [0.1, 0.15) is 42.6 Å². The molecule has 0 saturated heterocycles. The topological polar surface area (TPSA) is 75.9 Å². The highest BCUT2D eigenvalue weighted by molar-refractivity contribution is 5.93. The molecule has 8 heteroatoms. The van der Waals surface area contributed by atoms with E-state index in [4.69, 9.17) is 0 Å². The first-order chi connectivity index (χ1) is 17.4. The summed E-state index contributed by atoms with van der Waals surface area (Å²) in [4.78, 5) is 23.8. The van der Waals surface area contributed by atoms with Gasteiger partial charge in [-0.1, -0.05) is 18.2 Å². The summed E-state index contributed by atoms with van der Waals surface area (Å²) in [5.41, 5.74) is 4.85. The van der Waals surface area contributed by atoms with Gasteiger partial charge in [-0.15, -0.1) is 0 Å². The summed E-state index contributed by atoms with van der Waals surface area (Å²) < 4.78 is 16.8. The number of carbonyl (C=O) groups excluding carboxylic acids is 1. The lowest BCUT2D eigenvalue weighted by Crippen LogP contribution is -2.34. The molecule has 4 aromatic rings. The van der Waals surface area contributed by atoms with Gasteiger partial charge < -0.3 is 10.2 Å². The van der Waals surface area contributed by atoms with E-state index in [9.17, 15) is 4.79 Å². The molecule has 1 N–H and O–H groups in total. The van der Waals surface area contributed by atoms with Crippen molar-refractivity contribution in [2.24, 2.45) is 7.05 Å². The quantitative estimate of drug-likeness (QED) is 0.389. The molecule has 0 radical (unpaired) electrons. The van der Waals surface area contributed by atoms with Crippen LogP contribution in [0.3, 0.4) is 0 Å². The van der Waals surface area contributed by atoms with E-state index in [1.54, 1.807) is 4.68 Å². The van der Waals surface area contributed by atoms with E-state index in [-0.39, 0.29) is 17.8 Å². The summed E-state index contributed by atoms with van der Waals surface area (Å²) in [6.45, 7) is 2.46. The predicted molar refractivity (Wildman–Crippen MR) is 137 cm³/mol. The summed E-state index contributed by atoms with van der Waals surface area (Å²) in [5, 5.41) is 8.45. The maximum Gasteiger partial charge on any atom is 0.229 e. The Morgan fingerprint density at radius 2 is 1.94 bits per heavy atom. The summed E-state index contributed by atoms with van der Waals surface area (Å²) in [7, 11) is 1.87. The fourth-order valence-corrected chi connectivity index (χ4v) is 4.77. The smallest absolute Gasteiger partial charge is 0.229 e. The summed E-state index contributed by atoms with van der Waals surface area (Å²) in [6.07, 6.45) is 6.01. The largest absolute Gasteiger partial charge is 0.367 e. The van der Waals surface area contributed by atoms with Crippen LogP contribution < -0.4 is 5.32 Å². The molecular weight excluding hydrogens is 455 g/mol. The van der Waals surface area contributed by atoms with E-state index in [0.29, 0.717) is 35.7 Å². The molecule has 2 aliphatic rings. The minimum absolute atomic E-state index is 0.107. The number of aryl methyl sites for hydroxylation is 2. The average molecular weight is 485 g/mol. The molecule has 0 unspecified atom stereocenters. The van der Waals surface area contributed by atoms with Gasteiger partial charge in [0, 0.05) is 36.8 Å². The van der Waals surface area contributed by atoms with Crippen molar-refractivity contribution < 1.29 is 9.18 Å². The third-order valence-corrected chi connectivity index (χ3v) is 6.96. The molecule has 2 aromatic carbocycles. The van der Waals surface area contributed by atoms with Crippen LogP contribution in [-0.2, 0) is 24.8 Å². The molecular formula is C28H29FN6O. The van der Waals surface area contributed by atoms with E-state index >= 15 is 4.39 Å². The van der Waals surface area contributed by atoms with E-state index < -0.39 is 0 Å². The van der Waals surface area contributed by atoms with Crippen molar-refractivity contribution in [3.63, 3.8) is 0 Å². The second kappa shape index (κ2) is 9.00. The Hall–Kier alpha value is -3.81. The van der Waals surface area contributed by atoms with Crippen molar-refractivity contribution in [3.05, 3.63) is 71.6 Å². The van der Waals surface area contributed by atoms with Gasteiger partial charge in [0.05, 0.1) is 12.1 Å². The van der Waals surface area contributed by atoms with Gasteiger partial charge in [0.1, 0.15) is 23.5 Å². The lowest BCUT2D eigenvalue weighted by molar-refractivity contribution is -0.131. The second-order valence-electron chi connectivity index (χ2n) is 10.0. The number of amides is 1. The number of nitrogens with one attached hydrogen (secondary N) is 1. The minimum atomic E-state index is -0.365. The number of nitrogens with zero attached hydrogens (tertiary/aromatic N) is 5. The fraction of sp³-hybridized carbons (Fsp3) is 0.357. The van der Waals surface area contributed by atoms with Crippen molar-refractivity contribution in [3.8, 4) is 11.1 Å². The zero-order valence-corrected chi connectivity index (χ0v) is 20.5. The summed E-state index contributed by atoms with van der Waals surface area (Å²) in [6, 6.07) is 14.2. The van der Waals surface area contributed by atoms with Gasteiger partial charge in [-0.3, -0.25) is 9.48 Å². The van der Waals surface area contributed by atoms with Gasteiger partial charge in [-0.05, 0) is 73.6 Å². The summed E-state index contributed by atoms with van der Waals surface area (Å²) >= 11 is 0. The molecule has 6 rings (SSSR count). The van der Waals surface area contributed by atoms with Crippen LogP contribution in [-0.4, -0.2) is 42.6 Å². The third kappa shape index (κ3) is 4.67. The third-order valence-electron chi connectivity index (χ3n) is 6.96. The molecule has 2 aromatic heterocycles. The second-order valence-corrected chi connectivity index (χ2v) is 10.0. The van der Waals surface area contributed by atoms with Crippen LogP contribution in [0.15, 0.2) is 48.8 Å². The number of rotatable bonds is 8. The number of aromatic nitrogens is 4. The van der Waals surface area contributed by atoms with Crippen molar-refractivity contribution >= 4 is 22.6 Å². The minimum Gasteiger partial charge on any atom is -0.367 e. The van der Waals surface area contributed by atoms with Gasteiger partial charge in [0.25, 0.3) is 0 Å². The first-order valence-electron chi connectivity index (χ1n) is 12.5. The SMILES string of the molecule is Cc1cc(CC(=O)N(Cc2cccc(-c3cc(F)c4ncnc(NC5CC5)c4c3)c2)C2CC2)n(C)n1. The van der Waals surface area contributed by atoms with Crippen molar-refractivity contribution in [2.75, 3.05) is 5.32 Å². The molecule has 0 atom stereocenters. The number of carbonyl (C=O) groups is 1.